The minimum Gasteiger partial charge on any atom is -0.373 e. The number of morpholine rings is 1. The van der Waals surface area contributed by atoms with Gasteiger partial charge in [0.25, 0.3) is 10.0 Å². The van der Waals surface area contributed by atoms with Gasteiger partial charge in [0.05, 0.1) is 21.0 Å². The molecule has 2 heterocycles. The zero-order chi connectivity index (χ0) is 13.5. The van der Waals surface area contributed by atoms with Crippen molar-refractivity contribution in [3.05, 3.63) is 14.9 Å². The summed E-state index contributed by atoms with van der Waals surface area (Å²) in [4.78, 5) is 0. The van der Waals surface area contributed by atoms with Crippen molar-refractivity contribution in [3.8, 4) is 0 Å². The monoisotopic (exact) mass is 373 g/mol. The molecule has 1 aromatic rings. The van der Waals surface area contributed by atoms with Gasteiger partial charge < -0.3 is 4.74 Å². The molecule has 1 fully saturated rings. The molecule has 0 amide bonds. The summed E-state index contributed by atoms with van der Waals surface area (Å²) in [6.07, 6.45) is -0.199. The van der Waals surface area contributed by atoms with Crippen LogP contribution in [-0.4, -0.2) is 38.0 Å². The maximum Gasteiger partial charge on any atom is 0.253 e. The Bertz CT molecular complexity index is 535. The molecule has 2 unspecified atom stereocenters. The largest absolute Gasteiger partial charge is 0.373 e. The average Bonchev–Trinajstić information content (AvgIpc) is 2.57. The minimum absolute atomic E-state index is 0.0993. The van der Waals surface area contributed by atoms with Crippen LogP contribution in [-0.2, 0) is 14.8 Å². The number of nitrogens with zero attached hydrogens (tertiary/aromatic N) is 1. The van der Waals surface area contributed by atoms with E-state index in [1.807, 2.05) is 13.8 Å². The summed E-state index contributed by atoms with van der Waals surface area (Å²) >= 11 is 10.2. The molecule has 0 saturated carbocycles. The van der Waals surface area contributed by atoms with E-state index in [9.17, 15) is 8.42 Å². The van der Waals surface area contributed by atoms with Crippen LogP contribution in [0.2, 0.25) is 4.34 Å². The second-order valence-electron chi connectivity index (χ2n) is 4.27. The van der Waals surface area contributed by atoms with E-state index in [1.54, 1.807) is 6.07 Å². The summed E-state index contributed by atoms with van der Waals surface area (Å²) in [7, 11) is -3.50. The summed E-state index contributed by atoms with van der Waals surface area (Å²) in [6.45, 7) is 4.48. The summed E-state index contributed by atoms with van der Waals surface area (Å²) in [6, 6.07) is 1.60. The molecule has 0 aliphatic carbocycles. The molecule has 4 nitrogen and oxygen atoms in total. The van der Waals surface area contributed by atoms with E-state index >= 15 is 0 Å². The lowest BCUT2D eigenvalue weighted by molar-refractivity contribution is -0.0440. The summed E-state index contributed by atoms with van der Waals surface area (Å²) in [5.41, 5.74) is 0. The Hall–Kier alpha value is 0.340. The molecule has 0 bridgehead atoms. The van der Waals surface area contributed by atoms with Gasteiger partial charge in [0.1, 0.15) is 0 Å². The van der Waals surface area contributed by atoms with Gasteiger partial charge in [0.15, 0.2) is 4.21 Å². The molecule has 18 heavy (non-hydrogen) atoms. The summed E-state index contributed by atoms with van der Waals surface area (Å²) in [5.74, 6) is 0. The fourth-order valence-electron chi connectivity index (χ4n) is 1.95. The van der Waals surface area contributed by atoms with Crippen LogP contribution in [0.1, 0.15) is 13.8 Å². The second kappa shape index (κ2) is 5.38. The molecule has 1 aromatic heterocycles. The Morgan fingerprint density at radius 1 is 1.44 bits per heavy atom. The van der Waals surface area contributed by atoms with Gasteiger partial charge >= 0.3 is 0 Å². The second-order valence-corrected chi connectivity index (χ2v) is 8.94. The Balaban J connectivity index is 2.34. The molecular formula is C10H13BrClNO3S2. The number of sulfonamides is 1. The van der Waals surface area contributed by atoms with Crippen molar-refractivity contribution in [1.82, 2.24) is 4.31 Å². The molecule has 1 aliphatic heterocycles. The molecule has 8 heteroatoms. The third kappa shape index (κ3) is 2.91. The van der Waals surface area contributed by atoms with E-state index in [1.165, 1.54) is 4.31 Å². The van der Waals surface area contributed by atoms with Crippen LogP contribution < -0.4 is 0 Å². The fourth-order valence-corrected chi connectivity index (χ4v) is 6.66. The van der Waals surface area contributed by atoms with E-state index < -0.39 is 10.0 Å². The maximum absolute atomic E-state index is 12.5. The molecule has 102 valence electrons. The van der Waals surface area contributed by atoms with E-state index in [4.69, 9.17) is 16.3 Å². The van der Waals surface area contributed by atoms with Crippen LogP contribution in [0.3, 0.4) is 0 Å². The SMILES string of the molecule is CC1CN(S(=O)(=O)c2sc(Cl)cc2Br)CC(C)O1. The highest BCUT2D eigenvalue weighted by Crippen LogP contribution is 2.36. The van der Waals surface area contributed by atoms with E-state index in [0.29, 0.717) is 21.9 Å². The van der Waals surface area contributed by atoms with Crippen LogP contribution in [0.5, 0.6) is 0 Å². The standard InChI is InChI=1S/C10H13BrClNO3S2/c1-6-4-13(5-7(2)16-6)18(14,15)10-8(11)3-9(12)17-10/h3,6-7H,4-5H2,1-2H3. The maximum atomic E-state index is 12.5. The number of hydrogen-bond donors (Lipinski definition) is 0. The van der Waals surface area contributed by atoms with Crippen LogP contribution in [0.25, 0.3) is 0 Å². The molecule has 1 saturated heterocycles. The lowest BCUT2D eigenvalue weighted by Crippen LogP contribution is -2.47. The highest BCUT2D eigenvalue weighted by molar-refractivity contribution is 9.10. The van der Waals surface area contributed by atoms with Gasteiger partial charge in [-0.3, -0.25) is 0 Å². The Morgan fingerprint density at radius 3 is 2.44 bits per heavy atom. The normalized spacial score (nSPS) is 26.4. The number of thiophene rings is 1. The predicted octanol–water partition coefficient (Wildman–Crippen LogP) is 2.96. The minimum atomic E-state index is -3.50. The smallest absolute Gasteiger partial charge is 0.253 e. The van der Waals surface area contributed by atoms with Gasteiger partial charge in [0, 0.05) is 13.1 Å². The lowest BCUT2D eigenvalue weighted by atomic mass is 10.3. The van der Waals surface area contributed by atoms with Crippen molar-refractivity contribution < 1.29 is 13.2 Å². The average molecular weight is 375 g/mol. The van der Waals surface area contributed by atoms with E-state index in [2.05, 4.69) is 15.9 Å². The number of hydrogen-bond acceptors (Lipinski definition) is 4. The van der Waals surface area contributed by atoms with E-state index in [-0.39, 0.29) is 16.4 Å². The third-order valence-corrected chi connectivity index (χ3v) is 7.34. The van der Waals surface area contributed by atoms with Gasteiger partial charge in [-0.1, -0.05) is 11.6 Å². The van der Waals surface area contributed by atoms with Gasteiger partial charge in [-0.05, 0) is 35.8 Å². The van der Waals surface area contributed by atoms with Crippen molar-refractivity contribution in [3.63, 3.8) is 0 Å². The van der Waals surface area contributed by atoms with Gasteiger partial charge in [-0.15, -0.1) is 11.3 Å². The number of halogens is 2. The first-order valence-corrected chi connectivity index (χ1v) is 8.84. The van der Waals surface area contributed by atoms with Crippen molar-refractivity contribution >= 4 is 48.9 Å². The third-order valence-electron chi connectivity index (χ3n) is 2.59. The number of rotatable bonds is 2. The summed E-state index contributed by atoms with van der Waals surface area (Å²) < 4.78 is 33.2. The first-order valence-electron chi connectivity index (χ1n) is 5.41. The van der Waals surface area contributed by atoms with Crippen LogP contribution >= 0.6 is 38.9 Å². The van der Waals surface area contributed by atoms with Gasteiger partial charge in [0.2, 0.25) is 0 Å². The quantitative estimate of drug-likeness (QED) is 0.799. The lowest BCUT2D eigenvalue weighted by Gasteiger charge is -2.34. The topological polar surface area (TPSA) is 46.6 Å². The van der Waals surface area contributed by atoms with Crippen LogP contribution in [0.15, 0.2) is 14.7 Å². The van der Waals surface area contributed by atoms with Crippen molar-refractivity contribution in [1.29, 1.82) is 0 Å². The molecule has 2 rings (SSSR count). The first-order chi connectivity index (χ1) is 8.30. The van der Waals surface area contributed by atoms with Crippen LogP contribution in [0.4, 0.5) is 0 Å². The Morgan fingerprint density at radius 2 is 2.00 bits per heavy atom. The van der Waals surface area contributed by atoms with Crippen molar-refractivity contribution in [2.24, 2.45) is 0 Å². The molecule has 1 aliphatic rings. The molecule has 0 N–H and O–H groups in total. The zero-order valence-electron chi connectivity index (χ0n) is 9.89. The van der Waals surface area contributed by atoms with Crippen molar-refractivity contribution in [2.75, 3.05) is 13.1 Å². The van der Waals surface area contributed by atoms with Crippen LogP contribution in [0, 0.1) is 0 Å². The molecular weight excluding hydrogens is 362 g/mol. The Kier molecular flexibility index (Phi) is 4.40. The van der Waals surface area contributed by atoms with Gasteiger partial charge in [-0.25, -0.2) is 8.42 Å². The molecule has 0 spiro atoms. The zero-order valence-corrected chi connectivity index (χ0v) is 13.9. The number of ether oxygens (including phenoxy) is 1. The van der Waals surface area contributed by atoms with Gasteiger partial charge in [-0.2, -0.15) is 4.31 Å². The molecule has 2 atom stereocenters. The predicted molar refractivity (Wildman–Crippen MR) is 75.8 cm³/mol. The first kappa shape index (κ1) is 14.7. The fraction of sp³-hybridized carbons (Fsp3) is 0.600. The summed E-state index contributed by atoms with van der Waals surface area (Å²) in [5, 5.41) is 0. The molecule has 0 radical (unpaired) electrons. The van der Waals surface area contributed by atoms with Crippen molar-refractivity contribution in [2.45, 2.75) is 30.3 Å². The van der Waals surface area contributed by atoms with E-state index in [0.717, 1.165) is 11.3 Å². The molecule has 0 aromatic carbocycles. The highest BCUT2D eigenvalue weighted by Gasteiger charge is 2.34. The highest BCUT2D eigenvalue weighted by atomic mass is 79.9. The Labute approximate surface area is 124 Å².